The zero-order chi connectivity index (χ0) is 6.69. The summed E-state index contributed by atoms with van der Waals surface area (Å²) in [6.45, 7) is 4.72. The molecule has 52 valence electrons. The fraction of sp³-hybridized carbons (Fsp3) is 0.714. The average molecular weight is 128 g/mol. The second-order valence-electron chi connectivity index (χ2n) is 2.14. The molecule has 0 aromatic heterocycles. The van der Waals surface area contributed by atoms with Crippen molar-refractivity contribution in [3.05, 3.63) is 11.8 Å². The Morgan fingerprint density at radius 2 is 2.56 bits per heavy atom. The van der Waals surface area contributed by atoms with Crippen LogP contribution in [0, 0.1) is 0 Å². The van der Waals surface area contributed by atoms with Gasteiger partial charge in [0.2, 0.25) is 0 Å². The van der Waals surface area contributed by atoms with Crippen molar-refractivity contribution in [2.24, 2.45) is 0 Å². The van der Waals surface area contributed by atoms with Crippen molar-refractivity contribution in [1.82, 2.24) is 0 Å². The molecule has 0 aromatic rings. The summed E-state index contributed by atoms with van der Waals surface area (Å²) in [5, 5.41) is 0. The molecule has 1 rings (SSSR count). The summed E-state index contributed by atoms with van der Waals surface area (Å²) in [6, 6.07) is 0. The highest BCUT2D eigenvalue weighted by Crippen LogP contribution is 2.10. The summed E-state index contributed by atoms with van der Waals surface area (Å²) in [4.78, 5) is 0. The molecule has 1 heterocycles. The van der Waals surface area contributed by atoms with E-state index in [1.54, 1.807) is 6.26 Å². The van der Waals surface area contributed by atoms with E-state index in [-0.39, 0.29) is 6.29 Å². The highest BCUT2D eigenvalue weighted by molar-refractivity contribution is 4.98. The lowest BCUT2D eigenvalue weighted by Crippen LogP contribution is -2.17. The van der Waals surface area contributed by atoms with Crippen LogP contribution in [0.2, 0.25) is 0 Å². The van der Waals surface area contributed by atoms with Gasteiger partial charge in [-0.15, -0.1) is 0 Å². The molecule has 0 aliphatic carbocycles. The normalized spacial score (nSPS) is 26.9. The molecule has 0 aromatic carbocycles. The maximum absolute atomic E-state index is 5.19. The first kappa shape index (κ1) is 6.62. The minimum absolute atomic E-state index is 0.0553. The maximum atomic E-state index is 5.19. The van der Waals surface area contributed by atoms with Crippen molar-refractivity contribution < 1.29 is 9.47 Å². The van der Waals surface area contributed by atoms with E-state index in [1.807, 2.05) is 6.92 Å². The van der Waals surface area contributed by atoms with Crippen molar-refractivity contribution in [3.8, 4) is 0 Å². The molecule has 0 amide bonds. The molecule has 0 fully saturated rings. The van der Waals surface area contributed by atoms with Gasteiger partial charge in [0.15, 0.2) is 6.29 Å². The highest BCUT2D eigenvalue weighted by atomic mass is 16.7. The summed E-state index contributed by atoms with van der Waals surface area (Å²) >= 11 is 0. The van der Waals surface area contributed by atoms with E-state index in [1.165, 1.54) is 5.57 Å². The second-order valence-corrected chi connectivity index (χ2v) is 2.14. The van der Waals surface area contributed by atoms with Gasteiger partial charge in [0.05, 0.1) is 12.9 Å². The Bertz CT molecular complexity index is 118. The SMILES string of the molecule is CCC1=COC(C)OC1. The molecule has 0 N–H and O–H groups in total. The largest absolute Gasteiger partial charge is 0.473 e. The summed E-state index contributed by atoms with van der Waals surface area (Å²) in [5.74, 6) is 0. The average Bonchev–Trinajstić information content (AvgIpc) is 1.90. The van der Waals surface area contributed by atoms with Gasteiger partial charge in [0, 0.05) is 0 Å². The van der Waals surface area contributed by atoms with E-state index in [2.05, 4.69) is 6.92 Å². The van der Waals surface area contributed by atoms with Crippen molar-refractivity contribution in [3.63, 3.8) is 0 Å². The van der Waals surface area contributed by atoms with Crippen molar-refractivity contribution in [1.29, 1.82) is 0 Å². The Morgan fingerprint density at radius 3 is 3.00 bits per heavy atom. The Labute approximate surface area is 55.5 Å². The van der Waals surface area contributed by atoms with Crippen LogP contribution in [-0.2, 0) is 9.47 Å². The Morgan fingerprint density at radius 1 is 1.78 bits per heavy atom. The van der Waals surface area contributed by atoms with Crippen molar-refractivity contribution >= 4 is 0 Å². The van der Waals surface area contributed by atoms with Crippen molar-refractivity contribution in [2.45, 2.75) is 26.6 Å². The lowest BCUT2D eigenvalue weighted by molar-refractivity contribution is -0.102. The molecule has 9 heavy (non-hydrogen) atoms. The lowest BCUT2D eigenvalue weighted by atomic mass is 10.2. The van der Waals surface area contributed by atoms with E-state index in [0.29, 0.717) is 0 Å². The van der Waals surface area contributed by atoms with E-state index in [0.717, 1.165) is 13.0 Å². The van der Waals surface area contributed by atoms with Gasteiger partial charge in [-0.05, 0) is 18.9 Å². The van der Waals surface area contributed by atoms with Crippen LogP contribution in [0.25, 0.3) is 0 Å². The van der Waals surface area contributed by atoms with Crippen LogP contribution in [0.1, 0.15) is 20.3 Å². The molecule has 1 aliphatic heterocycles. The van der Waals surface area contributed by atoms with Crippen molar-refractivity contribution in [2.75, 3.05) is 6.61 Å². The molecule has 0 saturated heterocycles. The Kier molecular flexibility index (Phi) is 2.11. The first-order chi connectivity index (χ1) is 4.33. The highest BCUT2D eigenvalue weighted by Gasteiger charge is 2.07. The molecule has 1 atom stereocenters. The minimum Gasteiger partial charge on any atom is -0.473 e. The van der Waals surface area contributed by atoms with Gasteiger partial charge in [0.25, 0.3) is 0 Å². The van der Waals surface area contributed by atoms with Gasteiger partial charge < -0.3 is 9.47 Å². The second kappa shape index (κ2) is 2.87. The maximum Gasteiger partial charge on any atom is 0.196 e. The standard InChI is InChI=1S/C7H12O2/c1-3-7-4-8-6(2)9-5-7/h4,6H,3,5H2,1-2H3. The summed E-state index contributed by atoms with van der Waals surface area (Å²) in [7, 11) is 0. The first-order valence-electron chi connectivity index (χ1n) is 3.28. The monoisotopic (exact) mass is 128 g/mol. The summed E-state index contributed by atoms with van der Waals surface area (Å²) < 4.78 is 10.3. The van der Waals surface area contributed by atoms with Crippen LogP contribution in [0.4, 0.5) is 0 Å². The first-order valence-corrected chi connectivity index (χ1v) is 3.28. The predicted molar refractivity (Wildman–Crippen MR) is 34.9 cm³/mol. The smallest absolute Gasteiger partial charge is 0.196 e. The number of rotatable bonds is 1. The zero-order valence-electron chi connectivity index (χ0n) is 5.89. The van der Waals surface area contributed by atoms with E-state index in [4.69, 9.17) is 9.47 Å². The van der Waals surface area contributed by atoms with Gasteiger partial charge in [-0.3, -0.25) is 0 Å². The van der Waals surface area contributed by atoms with Crippen LogP contribution in [-0.4, -0.2) is 12.9 Å². The third kappa shape index (κ3) is 1.72. The lowest BCUT2D eigenvalue weighted by Gasteiger charge is -2.19. The molecule has 2 heteroatoms. The molecule has 0 bridgehead atoms. The summed E-state index contributed by atoms with van der Waals surface area (Å²) in [6.07, 6.45) is 2.77. The number of ether oxygens (including phenoxy) is 2. The van der Waals surface area contributed by atoms with Crippen LogP contribution >= 0.6 is 0 Å². The van der Waals surface area contributed by atoms with Gasteiger partial charge in [0.1, 0.15) is 0 Å². The number of hydrogen-bond acceptors (Lipinski definition) is 2. The molecule has 0 radical (unpaired) electrons. The molecule has 1 aliphatic rings. The molecule has 2 nitrogen and oxygen atoms in total. The third-order valence-corrected chi connectivity index (χ3v) is 1.38. The quantitative estimate of drug-likeness (QED) is 0.534. The fourth-order valence-corrected chi connectivity index (χ4v) is 0.675. The topological polar surface area (TPSA) is 18.5 Å². The predicted octanol–water partition coefficient (Wildman–Crippen LogP) is 1.67. The van der Waals surface area contributed by atoms with Crippen LogP contribution in [0.15, 0.2) is 11.8 Å². The minimum atomic E-state index is -0.0553. The van der Waals surface area contributed by atoms with Crippen LogP contribution < -0.4 is 0 Å². The van der Waals surface area contributed by atoms with Crippen LogP contribution in [0.3, 0.4) is 0 Å². The Hall–Kier alpha value is -0.500. The molecule has 1 unspecified atom stereocenters. The van der Waals surface area contributed by atoms with Gasteiger partial charge in [-0.2, -0.15) is 0 Å². The summed E-state index contributed by atoms with van der Waals surface area (Å²) in [5.41, 5.74) is 1.23. The number of hydrogen-bond donors (Lipinski definition) is 0. The molecule has 0 spiro atoms. The Balaban J connectivity index is 2.40. The molecule has 0 saturated carbocycles. The van der Waals surface area contributed by atoms with Gasteiger partial charge >= 0.3 is 0 Å². The molecular formula is C7H12O2. The van der Waals surface area contributed by atoms with Gasteiger partial charge in [-0.1, -0.05) is 6.92 Å². The van der Waals surface area contributed by atoms with Gasteiger partial charge in [-0.25, -0.2) is 0 Å². The van der Waals surface area contributed by atoms with E-state index >= 15 is 0 Å². The van der Waals surface area contributed by atoms with E-state index < -0.39 is 0 Å². The third-order valence-electron chi connectivity index (χ3n) is 1.38. The zero-order valence-corrected chi connectivity index (χ0v) is 5.89. The van der Waals surface area contributed by atoms with Crippen LogP contribution in [0.5, 0.6) is 0 Å². The molecular weight excluding hydrogens is 116 g/mol. The fourth-order valence-electron chi connectivity index (χ4n) is 0.675. The van der Waals surface area contributed by atoms with E-state index in [9.17, 15) is 0 Å².